The smallest absolute Gasteiger partial charge is 0.407 e. The molecule has 1 unspecified atom stereocenters. The molecule has 124 valence electrons. The van der Waals surface area contributed by atoms with Crippen LogP contribution in [-0.4, -0.2) is 29.8 Å². The molecule has 0 bridgehead atoms. The summed E-state index contributed by atoms with van der Waals surface area (Å²) in [5.74, 6) is 0.734. The predicted molar refractivity (Wildman–Crippen MR) is 87.5 cm³/mol. The fourth-order valence-corrected chi connectivity index (χ4v) is 3.06. The normalized spacial score (nSPS) is 24.7. The van der Waals surface area contributed by atoms with Crippen molar-refractivity contribution in [3.05, 3.63) is 0 Å². The minimum atomic E-state index is -0.422. The SMILES string of the molecule is CC(C)CC(C)NC1CCC(NC(=O)OC(C)(C)C)CC1. The highest BCUT2D eigenvalue weighted by Crippen LogP contribution is 2.20. The van der Waals surface area contributed by atoms with Crippen molar-refractivity contribution in [1.82, 2.24) is 10.6 Å². The second-order valence-corrected chi connectivity index (χ2v) is 7.89. The van der Waals surface area contributed by atoms with Crippen LogP contribution >= 0.6 is 0 Å². The third-order valence-electron chi connectivity index (χ3n) is 3.79. The summed E-state index contributed by atoms with van der Waals surface area (Å²) in [4.78, 5) is 11.8. The minimum absolute atomic E-state index is 0.262. The van der Waals surface area contributed by atoms with Crippen LogP contribution in [0.25, 0.3) is 0 Å². The molecule has 0 heterocycles. The Balaban J connectivity index is 2.24. The summed E-state index contributed by atoms with van der Waals surface area (Å²) < 4.78 is 5.31. The average molecular weight is 298 g/mol. The number of carbonyl (C=O) groups is 1. The molecule has 1 saturated carbocycles. The first kappa shape index (κ1) is 18.3. The lowest BCUT2D eigenvalue weighted by Gasteiger charge is -2.32. The molecule has 21 heavy (non-hydrogen) atoms. The quantitative estimate of drug-likeness (QED) is 0.810. The van der Waals surface area contributed by atoms with Crippen LogP contribution in [0.15, 0.2) is 0 Å². The lowest BCUT2D eigenvalue weighted by Crippen LogP contribution is -2.45. The maximum atomic E-state index is 11.8. The summed E-state index contributed by atoms with van der Waals surface area (Å²) >= 11 is 0. The first-order chi connectivity index (χ1) is 9.65. The molecule has 1 aliphatic rings. The molecule has 0 aliphatic heterocycles. The van der Waals surface area contributed by atoms with Crippen LogP contribution in [-0.2, 0) is 4.74 Å². The topological polar surface area (TPSA) is 50.4 Å². The number of amides is 1. The number of rotatable bonds is 5. The van der Waals surface area contributed by atoms with E-state index in [0.717, 1.165) is 31.6 Å². The summed E-state index contributed by atoms with van der Waals surface area (Å²) in [6, 6.07) is 1.43. The van der Waals surface area contributed by atoms with Crippen LogP contribution in [0.5, 0.6) is 0 Å². The van der Waals surface area contributed by atoms with Gasteiger partial charge in [-0.15, -0.1) is 0 Å². The fraction of sp³-hybridized carbons (Fsp3) is 0.941. The van der Waals surface area contributed by atoms with E-state index in [9.17, 15) is 4.79 Å². The number of alkyl carbamates (subject to hydrolysis) is 1. The van der Waals surface area contributed by atoms with Crippen LogP contribution in [0, 0.1) is 5.92 Å². The van der Waals surface area contributed by atoms with E-state index < -0.39 is 5.60 Å². The number of nitrogens with one attached hydrogen (secondary N) is 2. The van der Waals surface area contributed by atoms with Gasteiger partial charge in [0.25, 0.3) is 0 Å². The van der Waals surface area contributed by atoms with Crippen LogP contribution in [0.3, 0.4) is 0 Å². The van der Waals surface area contributed by atoms with E-state index in [1.54, 1.807) is 0 Å². The Kier molecular flexibility index (Phi) is 6.98. The summed E-state index contributed by atoms with van der Waals surface area (Å²) in [5, 5.41) is 6.71. The Bertz CT molecular complexity index is 315. The van der Waals surface area contributed by atoms with Crippen molar-refractivity contribution in [3.63, 3.8) is 0 Å². The van der Waals surface area contributed by atoms with E-state index in [0.29, 0.717) is 12.1 Å². The first-order valence-corrected chi connectivity index (χ1v) is 8.41. The van der Waals surface area contributed by atoms with E-state index in [4.69, 9.17) is 4.74 Å². The van der Waals surface area contributed by atoms with Crippen LogP contribution in [0.4, 0.5) is 4.79 Å². The number of carbonyl (C=O) groups excluding carboxylic acids is 1. The van der Waals surface area contributed by atoms with Gasteiger partial charge in [0.1, 0.15) is 5.60 Å². The monoisotopic (exact) mass is 298 g/mol. The minimum Gasteiger partial charge on any atom is -0.444 e. The van der Waals surface area contributed by atoms with Crippen LogP contribution < -0.4 is 10.6 Å². The van der Waals surface area contributed by atoms with Gasteiger partial charge < -0.3 is 15.4 Å². The molecule has 0 spiro atoms. The Morgan fingerprint density at radius 1 is 1.10 bits per heavy atom. The second kappa shape index (κ2) is 8.02. The standard InChI is InChI=1S/C17H34N2O2/c1-12(2)11-13(3)18-14-7-9-15(10-8-14)19-16(20)21-17(4,5)6/h12-15,18H,7-11H2,1-6H3,(H,19,20). The lowest BCUT2D eigenvalue weighted by atomic mass is 9.90. The molecule has 1 fully saturated rings. The third kappa shape index (κ3) is 8.30. The molecule has 1 atom stereocenters. The lowest BCUT2D eigenvalue weighted by molar-refractivity contribution is 0.0489. The highest BCUT2D eigenvalue weighted by molar-refractivity contribution is 5.68. The zero-order chi connectivity index (χ0) is 16.0. The highest BCUT2D eigenvalue weighted by atomic mass is 16.6. The fourth-order valence-electron chi connectivity index (χ4n) is 3.06. The van der Waals surface area contributed by atoms with Gasteiger partial charge in [0.15, 0.2) is 0 Å². The first-order valence-electron chi connectivity index (χ1n) is 8.41. The largest absolute Gasteiger partial charge is 0.444 e. The maximum absolute atomic E-state index is 11.8. The van der Waals surface area contributed by atoms with E-state index in [2.05, 4.69) is 31.4 Å². The summed E-state index contributed by atoms with van der Waals surface area (Å²) in [7, 11) is 0. The molecule has 4 nitrogen and oxygen atoms in total. The van der Waals surface area contributed by atoms with Gasteiger partial charge in [-0.1, -0.05) is 13.8 Å². The molecule has 2 N–H and O–H groups in total. The van der Waals surface area contributed by atoms with Crippen molar-refractivity contribution in [2.75, 3.05) is 0 Å². The maximum Gasteiger partial charge on any atom is 0.407 e. The van der Waals surface area contributed by atoms with Gasteiger partial charge >= 0.3 is 6.09 Å². The van der Waals surface area contributed by atoms with Gasteiger partial charge in [-0.2, -0.15) is 0 Å². The molecule has 0 radical (unpaired) electrons. The van der Waals surface area contributed by atoms with Crippen LogP contribution in [0.1, 0.15) is 73.6 Å². The third-order valence-corrected chi connectivity index (χ3v) is 3.79. The molecular weight excluding hydrogens is 264 g/mol. The Labute approximate surface area is 130 Å². The van der Waals surface area contributed by atoms with E-state index in [-0.39, 0.29) is 12.1 Å². The van der Waals surface area contributed by atoms with Crippen molar-refractivity contribution in [2.24, 2.45) is 5.92 Å². The van der Waals surface area contributed by atoms with Crippen molar-refractivity contribution in [3.8, 4) is 0 Å². The molecule has 1 amide bonds. The molecule has 4 heteroatoms. The molecule has 0 aromatic carbocycles. The second-order valence-electron chi connectivity index (χ2n) is 7.89. The van der Waals surface area contributed by atoms with Crippen molar-refractivity contribution < 1.29 is 9.53 Å². The molecule has 0 aromatic rings. The highest BCUT2D eigenvalue weighted by Gasteiger charge is 2.25. The molecule has 0 saturated heterocycles. The number of hydrogen-bond donors (Lipinski definition) is 2. The molecule has 0 aromatic heterocycles. The van der Waals surface area contributed by atoms with Crippen molar-refractivity contribution in [1.29, 1.82) is 0 Å². The summed E-state index contributed by atoms with van der Waals surface area (Å²) in [6.07, 6.45) is 5.26. The molecule has 1 aliphatic carbocycles. The predicted octanol–water partition coefficient (Wildman–Crippen LogP) is 3.85. The number of ether oxygens (including phenoxy) is 1. The van der Waals surface area contributed by atoms with Crippen molar-refractivity contribution >= 4 is 6.09 Å². The summed E-state index contributed by atoms with van der Waals surface area (Å²) in [5.41, 5.74) is -0.422. The average Bonchev–Trinajstić information content (AvgIpc) is 2.27. The number of hydrogen-bond acceptors (Lipinski definition) is 3. The van der Waals surface area contributed by atoms with Gasteiger partial charge in [-0.3, -0.25) is 0 Å². The molecular formula is C17H34N2O2. The molecule has 1 rings (SSSR count). The van der Waals surface area contributed by atoms with Crippen LogP contribution in [0.2, 0.25) is 0 Å². The Hall–Kier alpha value is -0.770. The summed E-state index contributed by atoms with van der Waals surface area (Å²) in [6.45, 7) is 12.5. The van der Waals surface area contributed by atoms with Gasteiger partial charge in [-0.25, -0.2) is 4.79 Å². The van der Waals surface area contributed by atoms with Gasteiger partial charge in [0.05, 0.1) is 0 Å². The Morgan fingerprint density at radius 3 is 2.10 bits per heavy atom. The zero-order valence-electron chi connectivity index (χ0n) is 14.7. The Morgan fingerprint density at radius 2 is 1.62 bits per heavy atom. The van der Waals surface area contributed by atoms with Gasteiger partial charge in [0.2, 0.25) is 0 Å². The van der Waals surface area contributed by atoms with E-state index in [1.165, 1.54) is 6.42 Å². The van der Waals surface area contributed by atoms with Crippen molar-refractivity contribution in [2.45, 2.75) is 97.4 Å². The van der Waals surface area contributed by atoms with Gasteiger partial charge in [-0.05, 0) is 65.7 Å². The zero-order valence-corrected chi connectivity index (χ0v) is 14.7. The van der Waals surface area contributed by atoms with E-state index >= 15 is 0 Å². The van der Waals surface area contributed by atoms with E-state index in [1.807, 2.05) is 20.8 Å². The van der Waals surface area contributed by atoms with Gasteiger partial charge in [0, 0.05) is 18.1 Å².